The molecule has 0 amide bonds. The molecule has 4 rings (SSSR count). The van der Waals surface area contributed by atoms with Crippen LogP contribution in [0.5, 0.6) is 0 Å². The average Bonchev–Trinajstić information content (AvgIpc) is 3.16. The summed E-state index contributed by atoms with van der Waals surface area (Å²) in [5.74, 6) is 0. The third kappa shape index (κ3) is 3.44. The summed E-state index contributed by atoms with van der Waals surface area (Å²) in [6.07, 6.45) is 1.87. The van der Waals surface area contributed by atoms with Crippen LogP contribution in [0.25, 0.3) is 16.9 Å². The van der Waals surface area contributed by atoms with Crippen LogP contribution in [0.1, 0.15) is 17.2 Å². The molecule has 3 heteroatoms. The summed E-state index contributed by atoms with van der Waals surface area (Å²) in [6.45, 7) is 0. The van der Waals surface area contributed by atoms with Crippen molar-refractivity contribution in [2.75, 3.05) is 0 Å². The zero-order valence-electron chi connectivity index (χ0n) is 14.4. The number of hydrogen-bond donors (Lipinski definition) is 1. The molecule has 0 radical (unpaired) electrons. The van der Waals surface area contributed by atoms with Crippen LogP contribution in [0, 0.1) is 0 Å². The highest BCUT2D eigenvalue weighted by Gasteiger charge is 2.19. The molecule has 0 spiro atoms. The van der Waals surface area contributed by atoms with Gasteiger partial charge >= 0.3 is 0 Å². The zero-order chi connectivity index (χ0) is 17.8. The highest BCUT2D eigenvalue weighted by atomic mass is 16.3. The predicted octanol–water partition coefficient (Wildman–Crippen LogP) is 4.82. The van der Waals surface area contributed by atoms with Crippen LogP contribution in [-0.4, -0.2) is 14.9 Å². The minimum Gasteiger partial charge on any atom is -0.388 e. The smallest absolute Gasteiger partial charge is 0.0985 e. The molecule has 1 aromatic heterocycles. The van der Waals surface area contributed by atoms with Gasteiger partial charge in [0.05, 0.1) is 17.5 Å². The molecule has 0 saturated carbocycles. The Morgan fingerprint density at radius 3 is 2.00 bits per heavy atom. The van der Waals surface area contributed by atoms with Crippen LogP contribution in [-0.2, 0) is 6.42 Å². The lowest BCUT2D eigenvalue weighted by Gasteiger charge is -2.11. The molecule has 1 unspecified atom stereocenters. The van der Waals surface area contributed by atoms with Crippen molar-refractivity contribution in [1.29, 1.82) is 0 Å². The van der Waals surface area contributed by atoms with E-state index in [0.29, 0.717) is 6.42 Å². The van der Waals surface area contributed by atoms with E-state index >= 15 is 0 Å². The van der Waals surface area contributed by atoms with Gasteiger partial charge in [-0.3, -0.25) is 0 Å². The number of aromatic nitrogens is 2. The van der Waals surface area contributed by atoms with Gasteiger partial charge in [-0.2, -0.15) is 5.10 Å². The van der Waals surface area contributed by atoms with Gasteiger partial charge in [-0.05, 0) is 17.7 Å². The normalized spacial score (nSPS) is 12.0. The Balaban J connectivity index is 1.75. The molecule has 4 aromatic rings. The second-order valence-corrected chi connectivity index (χ2v) is 6.28. The van der Waals surface area contributed by atoms with Gasteiger partial charge in [0, 0.05) is 23.7 Å². The van der Waals surface area contributed by atoms with Crippen molar-refractivity contribution in [3.63, 3.8) is 0 Å². The van der Waals surface area contributed by atoms with Crippen LogP contribution in [0.15, 0.2) is 97.2 Å². The highest BCUT2D eigenvalue weighted by Crippen LogP contribution is 2.30. The largest absolute Gasteiger partial charge is 0.388 e. The molecule has 0 fully saturated rings. The van der Waals surface area contributed by atoms with Crippen LogP contribution >= 0.6 is 0 Å². The number of benzene rings is 3. The highest BCUT2D eigenvalue weighted by molar-refractivity contribution is 5.63. The summed E-state index contributed by atoms with van der Waals surface area (Å²) in [4.78, 5) is 0. The number of aliphatic hydroxyl groups is 1. The van der Waals surface area contributed by atoms with E-state index in [0.717, 1.165) is 28.1 Å². The quantitative estimate of drug-likeness (QED) is 0.566. The Morgan fingerprint density at radius 1 is 0.769 bits per heavy atom. The molecule has 0 saturated heterocycles. The Bertz CT molecular complexity index is 963. The van der Waals surface area contributed by atoms with Crippen molar-refractivity contribution in [3.8, 4) is 16.9 Å². The third-order valence-corrected chi connectivity index (χ3v) is 4.44. The van der Waals surface area contributed by atoms with Crippen LogP contribution in [0.3, 0.4) is 0 Å². The van der Waals surface area contributed by atoms with E-state index in [1.165, 1.54) is 0 Å². The molecule has 128 valence electrons. The van der Waals surface area contributed by atoms with Gasteiger partial charge in [-0.1, -0.05) is 78.9 Å². The van der Waals surface area contributed by atoms with Crippen LogP contribution in [0.4, 0.5) is 0 Å². The molecule has 0 aliphatic rings. The summed E-state index contributed by atoms with van der Waals surface area (Å²) >= 11 is 0. The van der Waals surface area contributed by atoms with E-state index in [2.05, 4.69) is 0 Å². The fourth-order valence-corrected chi connectivity index (χ4v) is 3.11. The fraction of sp³-hybridized carbons (Fsp3) is 0.0870. The van der Waals surface area contributed by atoms with Crippen molar-refractivity contribution in [1.82, 2.24) is 9.78 Å². The minimum absolute atomic E-state index is 0.557. The molecule has 3 nitrogen and oxygen atoms in total. The predicted molar refractivity (Wildman–Crippen MR) is 104 cm³/mol. The standard InChI is InChI=1S/C23H20N2O/c26-22(16-18-10-4-1-5-11-18)21-17-25(20-14-8-3-9-15-20)24-23(21)19-12-6-2-7-13-19/h1-15,17,22,26H,16H2. The SMILES string of the molecule is OC(Cc1ccccc1)c1cn(-c2ccccc2)nc1-c1ccccc1. The van der Waals surface area contributed by atoms with Crippen molar-refractivity contribution >= 4 is 0 Å². The Kier molecular flexibility index (Phi) is 4.63. The second kappa shape index (κ2) is 7.38. The van der Waals surface area contributed by atoms with E-state index < -0.39 is 6.10 Å². The lowest BCUT2D eigenvalue weighted by Crippen LogP contribution is -2.02. The van der Waals surface area contributed by atoms with Gasteiger partial charge in [0.2, 0.25) is 0 Å². The first-order valence-electron chi connectivity index (χ1n) is 8.73. The Labute approximate surface area is 153 Å². The number of hydrogen-bond acceptors (Lipinski definition) is 2. The Hall–Kier alpha value is -3.17. The first-order chi connectivity index (χ1) is 12.8. The lowest BCUT2D eigenvalue weighted by atomic mass is 9.99. The summed E-state index contributed by atoms with van der Waals surface area (Å²) in [6, 6.07) is 30.0. The van der Waals surface area contributed by atoms with Gasteiger partial charge in [0.1, 0.15) is 0 Å². The maximum atomic E-state index is 10.9. The molecule has 3 aromatic carbocycles. The number of rotatable bonds is 5. The number of nitrogens with zero attached hydrogens (tertiary/aromatic N) is 2. The van der Waals surface area contributed by atoms with Crippen molar-refractivity contribution in [2.45, 2.75) is 12.5 Å². The fourth-order valence-electron chi connectivity index (χ4n) is 3.11. The maximum Gasteiger partial charge on any atom is 0.0985 e. The summed E-state index contributed by atoms with van der Waals surface area (Å²) in [5.41, 5.74) is 4.74. The van der Waals surface area contributed by atoms with E-state index in [1.54, 1.807) is 0 Å². The van der Waals surface area contributed by atoms with E-state index in [4.69, 9.17) is 5.10 Å². The maximum absolute atomic E-state index is 10.9. The van der Waals surface area contributed by atoms with Crippen LogP contribution < -0.4 is 0 Å². The lowest BCUT2D eigenvalue weighted by molar-refractivity contribution is 0.179. The number of para-hydroxylation sites is 1. The molecule has 0 bridgehead atoms. The van der Waals surface area contributed by atoms with Crippen molar-refractivity contribution < 1.29 is 5.11 Å². The van der Waals surface area contributed by atoms with Gasteiger partial charge in [0.25, 0.3) is 0 Å². The topological polar surface area (TPSA) is 38.0 Å². The third-order valence-electron chi connectivity index (χ3n) is 4.44. The minimum atomic E-state index is -0.620. The average molecular weight is 340 g/mol. The monoisotopic (exact) mass is 340 g/mol. The van der Waals surface area contributed by atoms with E-state index in [1.807, 2.05) is 102 Å². The number of aliphatic hydroxyl groups excluding tert-OH is 1. The van der Waals surface area contributed by atoms with Crippen LogP contribution in [0.2, 0.25) is 0 Å². The summed E-state index contributed by atoms with van der Waals surface area (Å²) < 4.78 is 1.84. The van der Waals surface area contributed by atoms with Crippen molar-refractivity contribution in [2.24, 2.45) is 0 Å². The van der Waals surface area contributed by atoms with Crippen molar-refractivity contribution in [3.05, 3.63) is 108 Å². The molecule has 1 atom stereocenters. The molecular formula is C23H20N2O. The molecule has 0 aliphatic carbocycles. The molecule has 1 N–H and O–H groups in total. The molecule has 1 heterocycles. The van der Waals surface area contributed by atoms with Gasteiger partial charge < -0.3 is 5.11 Å². The van der Waals surface area contributed by atoms with Gasteiger partial charge in [-0.25, -0.2) is 4.68 Å². The molecule has 26 heavy (non-hydrogen) atoms. The summed E-state index contributed by atoms with van der Waals surface area (Å²) in [7, 11) is 0. The zero-order valence-corrected chi connectivity index (χ0v) is 14.4. The van der Waals surface area contributed by atoms with Gasteiger partial charge in [-0.15, -0.1) is 0 Å². The van der Waals surface area contributed by atoms with E-state index in [-0.39, 0.29) is 0 Å². The second-order valence-electron chi connectivity index (χ2n) is 6.28. The summed E-state index contributed by atoms with van der Waals surface area (Å²) in [5, 5.41) is 15.7. The first kappa shape index (κ1) is 16.3. The Morgan fingerprint density at radius 2 is 1.35 bits per heavy atom. The first-order valence-corrected chi connectivity index (χ1v) is 8.73. The van der Waals surface area contributed by atoms with E-state index in [9.17, 15) is 5.11 Å². The molecular weight excluding hydrogens is 320 g/mol. The van der Waals surface area contributed by atoms with Gasteiger partial charge in [0.15, 0.2) is 0 Å². The molecule has 0 aliphatic heterocycles.